The van der Waals surface area contributed by atoms with Crippen LogP contribution in [-0.4, -0.2) is 41.9 Å². The highest BCUT2D eigenvalue weighted by atomic mass is 16.4. The molecule has 4 saturated carbocycles. The Morgan fingerprint density at radius 2 is 1.77 bits per heavy atom. The third-order valence-corrected chi connectivity index (χ3v) is 10.3. The van der Waals surface area contributed by atoms with E-state index in [1.54, 1.807) is 0 Å². The van der Waals surface area contributed by atoms with Gasteiger partial charge in [-0.2, -0.15) is 0 Å². The van der Waals surface area contributed by atoms with Crippen molar-refractivity contribution in [2.24, 2.45) is 46.3 Å². The van der Waals surface area contributed by atoms with Crippen LogP contribution < -0.4 is 0 Å². The molecule has 4 fully saturated rings. The zero-order chi connectivity index (χ0) is 20.3. The lowest BCUT2D eigenvalue weighted by Crippen LogP contribution is -2.58. The fourth-order valence-corrected chi connectivity index (χ4v) is 8.71. The third-order valence-electron chi connectivity index (χ3n) is 10.3. The first-order valence-electron chi connectivity index (χ1n) is 11.8. The van der Waals surface area contributed by atoms with Crippen molar-refractivity contribution in [3.63, 3.8) is 0 Å². The molecule has 3 N–H and O–H groups in total. The van der Waals surface area contributed by atoms with Gasteiger partial charge in [0.05, 0.1) is 12.2 Å². The van der Waals surface area contributed by atoms with Crippen molar-refractivity contribution in [1.29, 1.82) is 0 Å². The lowest BCUT2D eigenvalue weighted by atomic mass is 9.43. The van der Waals surface area contributed by atoms with Crippen LogP contribution in [0, 0.1) is 46.3 Å². The fourth-order valence-electron chi connectivity index (χ4n) is 8.71. The molecule has 0 heterocycles. The molecular formula is C25H46BO4. The van der Waals surface area contributed by atoms with Gasteiger partial charge in [-0.3, -0.25) is 4.79 Å². The molecule has 0 aromatic heterocycles. The van der Waals surface area contributed by atoms with Crippen molar-refractivity contribution >= 4 is 14.4 Å². The maximum absolute atomic E-state index is 11.5. The van der Waals surface area contributed by atoms with Gasteiger partial charge in [0.2, 0.25) is 0 Å². The molecule has 0 aliphatic heterocycles. The van der Waals surface area contributed by atoms with Crippen LogP contribution in [0.3, 0.4) is 0 Å². The molecular weight excluding hydrogens is 375 g/mol. The summed E-state index contributed by atoms with van der Waals surface area (Å²) in [7, 11) is 0. The molecule has 4 aliphatic carbocycles. The number of carboxylic acids is 1. The Kier molecular flexibility index (Phi) is 7.83. The van der Waals surface area contributed by atoms with Gasteiger partial charge in [-0.15, -0.1) is 0 Å². The Balaban J connectivity index is 0.00000160. The molecule has 0 bridgehead atoms. The number of carboxylic acid groups (broad SMARTS) is 1. The van der Waals surface area contributed by atoms with Crippen LogP contribution in [0.4, 0.5) is 0 Å². The van der Waals surface area contributed by atoms with E-state index in [0.29, 0.717) is 35.5 Å². The van der Waals surface area contributed by atoms with Gasteiger partial charge < -0.3 is 15.3 Å². The van der Waals surface area contributed by atoms with Crippen molar-refractivity contribution < 1.29 is 21.5 Å². The average Bonchev–Trinajstić information content (AvgIpc) is 3.00. The van der Waals surface area contributed by atoms with Crippen LogP contribution in [0.5, 0.6) is 0 Å². The Labute approximate surface area is 187 Å². The van der Waals surface area contributed by atoms with E-state index in [-0.39, 0.29) is 46.7 Å². The summed E-state index contributed by atoms with van der Waals surface area (Å²) in [5, 5.41) is 30.8. The summed E-state index contributed by atoms with van der Waals surface area (Å²) < 4.78 is 0. The molecule has 0 saturated heterocycles. The van der Waals surface area contributed by atoms with E-state index in [9.17, 15) is 15.0 Å². The van der Waals surface area contributed by atoms with Crippen LogP contribution in [0.2, 0.25) is 0 Å². The number of aliphatic hydroxyl groups excluding tert-OH is 2. The minimum Gasteiger partial charge on any atom is -0.481 e. The number of aliphatic carboxylic acids is 1. The topological polar surface area (TPSA) is 77.8 Å². The van der Waals surface area contributed by atoms with E-state index >= 15 is 0 Å². The lowest BCUT2D eigenvalue weighted by Gasteiger charge is -2.62. The van der Waals surface area contributed by atoms with Crippen LogP contribution in [-0.2, 0) is 4.79 Å². The molecule has 0 spiro atoms. The van der Waals surface area contributed by atoms with Crippen molar-refractivity contribution in [2.45, 2.75) is 105 Å². The lowest BCUT2D eigenvalue weighted by molar-refractivity contribution is -0.175. The molecule has 0 aromatic carbocycles. The average molecular weight is 422 g/mol. The molecule has 173 valence electrons. The monoisotopic (exact) mass is 422 g/mol. The second kappa shape index (κ2) is 9.14. The van der Waals surface area contributed by atoms with Crippen LogP contribution in [0.25, 0.3) is 0 Å². The minimum absolute atomic E-state index is 0. The van der Waals surface area contributed by atoms with Gasteiger partial charge in [-0.1, -0.05) is 28.2 Å². The third kappa shape index (κ3) is 3.87. The summed E-state index contributed by atoms with van der Waals surface area (Å²) >= 11 is 0. The summed E-state index contributed by atoms with van der Waals surface area (Å²) in [6, 6.07) is 0. The molecule has 0 unspecified atom stereocenters. The first kappa shape index (κ1) is 25.7. The summed E-state index contributed by atoms with van der Waals surface area (Å²) in [5.74, 6) is 2.55. The van der Waals surface area contributed by atoms with E-state index in [1.165, 1.54) is 19.3 Å². The molecule has 30 heavy (non-hydrogen) atoms. The highest BCUT2D eigenvalue weighted by molar-refractivity contribution is 5.75. The predicted octanol–water partition coefficient (Wildman–Crippen LogP) is 4.98. The zero-order valence-electron chi connectivity index (χ0n) is 18.5. The first-order chi connectivity index (χ1) is 13.2. The summed E-state index contributed by atoms with van der Waals surface area (Å²) in [6.07, 6.45) is 9.26. The molecule has 5 heteroatoms. The Hall–Kier alpha value is -0.545. The van der Waals surface area contributed by atoms with Gasteiger partial charge in [0.15, 0.2) is 0 Å². The summed E-state index contributed by atoms with van der Waals surface area (Å²) in [6.45, 7) is 6.99. The van der Waals surface area contributed by atoms with E-state index in [4.69, 9.17) is 5.11 Å². The van der Waals surface area contributed by atoms with Crippen LogP contribution >= 0.6 is 0 Å². The van der Waals surface area contributed by atoms with E-state index in [2.05, 4.69) is 20.8 Å². The molecule has 4 nitrogen and oxygen atoms in total. The molecule has 0 amide bonds. The van der Waals surface area contributed by atoms with Gasteiger partial charge in [0.1, 0.15) is 0 Å². The van der Waals surface area contributed by atoms with Gasteiger partial charge in [-0.05, 0) is 104 Å². The van der Waals surface area contributed by atoms with Crippen molar-refractivity contribution in [2.75, 3.05) is 0 Å². The first-order valence-corrected chi connectivity index (χ1v) is 11.8. The Bertz CT molecular complexity index is 618. The van der Waals surface area contributed by atoms with Crippen molar-refractivity contribution in [1.82, 2.24) is 0 Å². The van der Waals surface area contributed by atoms with Gasteiger partial charge in [-0.25, -0.2) is 0 Å². The van der Waals surface area contributed by atoms with Gasteiger partial charge >= 0.3 is 5.97 Å². The van der Waals surface area contributed by atoms with E-state index in [1.807, 2.05) is 0 Å². The smallest absolute Gasteiger partial charge is 0.303 e. The summed E-state index contributed by atoms with van der Waals surface area (Å²) in [4.78, 5) is 11.1. The highest BCUT2D eigenvalue weighted by Gasteiger charge is 2.63. The Morgan fingerprint density at radius 1 is 1.07 bits per heavy atom. The highest BCUT2D eigenvalue weighted by Crippen LogP contribution is 2.68. The molecule has 4 rings (SSSR count). The van der Waals surface area contributed by atoms with Gasteiger partial charge in [0, 0.05) is 16.3 Å². The fraction of sp³-hybridized carbons (Fsp3) is 0.960. The van der Waals surface area contributed by atoms with E-state index in [0.717, 1.165) is 38.5 Å². The van der Waals surface area contributed by atoms with Crippen molar-refractivity contribution in [3.05, 3.63) is 0 Å². The standard InChI is InChI=1S/C24H40O4.CH4.B.H2/c1-14(4-9-22(27)28)18-7-8-19-17-6-5-15-12-16(25)10-11-23(15,2)20(17)13-21(26)24(18,19)3;;;/h14-21,25-26H,4-13H2,1-3H3,(H,27,28);1H4;;1H/t14-,15+,16+,17-,18+,19-,20-,21-,23-,24+;;;/m0.../s1/i;;;1+1. The number of rotatable bonds is 4. The van der Waals surface area contributed by atoms with Gasteiger partial charge in [0.25, 0.3) is 0 Å². The summed E-state index contributed by atoms with van der Waals surface area (Å²) in [5.41, 5.74) is 0.216. The number of aliphatic hydroxyl groups is 2. The molecule has 0 aromatic rings. The predicted molar refractivity (Wildman–Crippen MR) is 123 cm³/mol. The van der Waals surface area contributed by atoms with Crippen LogP contribution in [0.15, 0.2) is 0 Å². The molecule has 10 atom stereocenters. The number of carbonyl (C=O) groups is 1. The maximum atomic E-state index is 11.5. The van der Waals surface area contributed by atoms with Crippen LogP contribution in [0.1, 0.15) is 93.8 Å². The zero-order valence-corrected chi connectivity index (χ0v) is 18.5. The number of hydrogen-bond acceptors (Lipinski definition) is 3. The molecule has 4 aliphatic rings. The maximum Gasteiger partial charge on any atom is 0.303 e. The largest absolute Gasteiger partial charge is 0.481 e. The SMILES string of the molecule is C.C[C@@H](CCC(=O)O)[C@H]1CC[C@H]2[C@@H]3CC[C@@H]4C[C@H](O)CC[C@]4(C)[C@H]3C[C@H](O)[C@]12C.[2HH].[B]. The second-order valence-electron chi connectivity index (χ2n) is 11.3. The van der Waals surface area contributed by atoms with E-state index < -0.39 is 5.97 Å². The number of hydrogen-bond donors (Lipinski definition) is 3. The normalized spacial score (nSPS) is 48.2. The Morgan fingerprint density at radius 3 is 2.43 bits per heavy atom. The number of fused-ring (bicyclic) bond motifs is 5. The quantitative estimate of drug-likeness (QED) is 0.559. The van der Waals surface area contributed by atoms with Crippen molar-refractivity contribution in [3.8, 4) is 0 Å². The minimum atomic E-state index is -0.707. The second-order valence-corrected chi connectivity index (χ2v) is 11.3. The molecule has 3 radical (unpaired) electrons.